The maximum atomic E-state index is 13.5. The molecule has 1 aliphatic carbocycles. The van der Waals surface area contributed by atoms with Crippen molar-refractivity contribution in [2.45, 2.75) is 18.4 Å². The maximum absolute atomic E-state index is 13.5. The molecule has 1 atom stereocenters. The molecule has 7 heteroatoms. The van der Waals surface area contributed by atoms with Crippen LogP contribution in [0, 0.1) is 17.6 Å². The summed E-state index contributed by atoms with van der Waals surface area (Å²) in [6, 6.07) is 6.23. The van der Waals surface area contributed by atoms with Crippen molar-refractivity contribution in [1.82, 2.24) is 5.32 Å². The van der Waals surface area contributed by atoms with Gasteiger partial charge in [-0.2, -0.15) is 0 Å². The quantitative estimate of drug-likeness (QED) is 0.782. The SMILES string of the molecule is O=C(NC[C@](O)(c1cccs1)C1CC1)Nc1c(F)cccc1F. The zero-order valence-electron chi connectivity index (χ0n) is 12.2. The topological polar surface area (TPSA) is 61.4 Å². The number of para-hydroxylation sites is 1. The zero-order valence-corrected chi connectivity index (χ0v) is 13.0. The molecule has 1 fully saturated rings. The summed E-state index contributed by atoms with van der Waals surface area (Å²) >= 11 is 1.42. The molecule has 23 heavy (non-hydrogen) atoms. The molecular weight excluding hydrogens is 322 g/mol. The van der Waals surface area contributed by atoms with Gasteiger partial charge in [0.05, 0.1) is 6.54 Å². The largest absolute Gasteiger partial charge is 0.382 e. The Hall–Kier alpha value is -1.99. The summed E-state index contributed by atoms with van der Waals surface area (Å²) in [5, 5.41) is 17.4. The summed E-state index contributed by atoms with van der Waals surface area (Å²) in [5.41, 5.74) is -1.64. The molecule has 0 saturated heterocycles. The van der Waals surface area contributed by atoms with E-state index in [1.165, 1.54) is 17.4 Å². The van der Waals surface area contributed by atoms with Crippen molar-refractivity contribution in [2.75, 3.05) is 11.9 Å². The van der Waals surface area contributed by atoms with E-state index in [0.29, 0.717) is 0 Å². The smallest absolute Gasteiger partial charge is 0.319 e. The van der Waals surface area contributed by atoms with Crippen LogP contribution in [0.4, 0.5) is 19.3 Å². The first kappa shape index (κ1) is 15.9. The number of hydrogen-bond donors (Lipinski definition) is 3. The van der Waals surface area contributed by atoms with E-state index in [4.69, 9.17) is 0 Å². The van der Waals surface area contributed by atoms with Gasteiger partial charge in [0, 0.05) is 4.88 Å². The third-order valence-electron chi connectivity index (χ3n) is 3.92. The Morgan fingerprint density at radius 3 is 2.52 bits per heavy atom. The average molecular weight is 338 g/mol. The molecule has 0 unspecified atom stereocenters. The Balaban J connectivity index is 1.66. The number of carbonyl (C=O) groups is 1. The van der Waals surface area contributed by atoms with E-state index in [-0.39, 0.29) is 12.5 Å². The van der Waals surface area contributed by atoms with Crippen LogP contribution in [0.3, 0.4) is 0 Å². The maximum Gasteiger partial charge on any atom is 0.319 e. The summed E-state index contributed by atoms with van der Waals surface area (Å²) in [5.74, 6) is -1.61. The lowest BCUT2D eigenvalue weighted by Crippen LogP contribution is -2.43. The molecule has 3 N–H and O–H groups in total. The van der Waals surface area contributed by atoms with Crippen LogP contribution in [0.25, 0.3) is 0 Å². The number of rotatable bonds is 5. The second-order valence-corrected chi connectivity index (χ2v) is 6.53. The molecule has 0 bridgehead atoms. The Bertz CT molecular complexity index is 684. The summed E-state index contributed by atoms with van der Waals surface area (Å²) in [6.45, 7) is -0.0138. The van der Waals surface area contributed by atoms with E-state index in [1.54, 1.807) is 0 Å². The van der Waals surface area contributed by atoms with Gasteiger partial charge in [-0.3, -0.25) is 0 Å². The zero-order chi connectivity index (χ0) is 16.4. The van der Waals surface area contributed by atoms with Gasteiger partial charge in [-0.25, -0.2) is 13.6 Å². The Morgan fingerprint density at radius 2 is 1.96 bits per heavy atom. The first-order valence-corrected chi connectivity index (χ1v) is 8.14. The lowest BCUT2D eigenvalue weighted by molar-refractivity contribution is 0.0200. The minimum atomic E-state index is -1.14. The Kier molecular flexibility index (Phi) is 4.32. The minimum Gasteiger partial charge on any atom is -0.382 e. The third-order valence-corrected chi connectivity index (χ3v) is 4.96. The van der Waals surface area contributed by atoms with Crippen LogP contribution < -0.4 is 10.6 Å². The van der Waals surface area contributed by atoms with Crippen molar-refractivity contribution in [3.05, 3.63) is 52.2 Å². The second-order valence-electron chi connectivity index (χ2n) is 5.58. The standard InChI is InChI=1S/C16H16F2N2O2S/c17-11-3-1-4-12(18)14(11)20-15(21)19-9-16(22,10-6-7-10)13-5-2-8-23-13/h1-5,8,10,22H,6-7,9H2,(H2,19,20,21)/t16-/m1/s1. The van der Waals surface area contributed by atoms with Crippen molar-refractivity contribution in [2.24, 2.45) is 5.92 Å². The van der Waals surface area contributed by atoms with Crippen LogP contribution in [-0.4, -0.2) is 17.7 Å². The van der Waals surface area contributed by atoms with Gasteiger partial charge < -0.3 is 15.7 Å². The number of hydrogen-bond acceptors (Lipinski definition) is 3. The predicted molar refractivity (Wildman–Crippen MR) is 84.3 cm³/mol. The number of halogens is 2. The van der Waals surface area contributed by atoms with Gasteiger partial charge >= 0.3 is 6.03 Å². The second kappa shape index (κ2) is 6.25. The van der Waals surface area contributed by atoms with Crippen molar-refractivity contribution in [3.8, 4) is 0 Å². The number of urea groups is 1. The van der Waals surface area contributed by atoms with Crippen LogP contribution in [0.2, 0.25) is 0 Å². The number of anilines is 1. The van der Waals surface area contributed by atoms with E-state index in [0.717, 1.165) is 29.9 Å². The molecule has 4 nitrogen and oxygen atoms in total. The molecular formula is C16H16F2N2O2S. The monoisotopic (exact) mass is 338 g/mol. The van der Waals surface area contributed by atoms with E-state index >= 15 is 0 Å². The lowest BCUT2D eigenvalue weighted by Gasteiger charge is -2.27. The van der Waals surface area contributed by atoms with E-state index in [2.05, 4.69) is 10.6 Å². The van der Waals surface area contributed by atoms with Gasteiger partial charge in [-0.1, -0.05) is 12.1 Å². The molecule has 2 amide bonds. The molecule has 122 valence electrons. The van der Waals surface area contributed by atoms with Crippen LogP contribution >= 0.6 is 11.3 Å². The number of nitrogens with one attached hydrogen (secondary N) is 2. The highest BCUT2D eigenvalue weighted by Gasteiger charge is 2.46. The number of thiophene rings is 1. The Morgan fingerprint density at radius 1 is 1.26 bits per heavy atom. The minimum absolute atomic E-state index is 0.0138. The van der Waals surface area contributed by atoms with Gasteiger partial charge in [0.2, 0.25) is 0 Å². The Labute approximate surface area is 136 Å². The summed E-state index contributed by atoms with van der Waals surface area (Å²) in [7, 11) is 0. The average Bonchev–Trinajstić information content (AvgIpc) is 3.24. The molecule has 1 heterocycles. The van der Waals surface area contributed by atoms with Gasteiger partial charge in [-0.15, -0.1) is 11.3 Å². The van der Waals surface area contributed by atoms with Crippen molar-refractivity contribution in [1.29, 1.82) is 0 Å². The third kappa shape index (κ3) is 3.35. The highest BCUT2D eigenvalue weighted by molar-refractivity contribution is 7.10. The van der Waals surface area contributed by atoms with Crippen molar-refractivity contribution in [3.63, 3.8) is 0 Å². The molecule has 0 spiro atoms. The van der Waals surface area contributed by atoms with Crippen LogP contribution in [0.5, 0.6) is 0 Å². The first-order valence-electron chi connectivity index (χ1n) is 7.26. The van der Waals surface area contributed by atoms with E-state index in [1.807, 2.05) is 17.5 Å². The molecule has 2 aromatic rings. The molecule has 1 saturated carbocycles. The van der Waals surface area contributed by atoms with Gasteiger partial charge in [0.1, 0.15) is 22.9 Å². The molecule has 3 rings (SSSR count). The molecule has 1 aromatic carbocycles. The fourth-order valence-corrected chi connectivity index (χ4v) is 3.41. The summed E-state index contributed by atoms with van der Waals surface area (Å²) in [6.07, 6.45) is 1.78. The van der Waals surface area contributed by atoms with Crippen molar-refractivity contribution < 1.29 is 18.7 Å². The lowest BCUT2D eigenvalue weighted by atomic mass is 9.96. The molecule has 0 aliphatic heterocycles. The molecule has 1 aliphatic rings. The highest BCUT2D eigenvalue weighted by Crippen LogP contribution is 2.46. The summed E-state index contributed by atoms with van der Waals surface area (Å²) in [4.78, 5) is 12.7. The fraction of sp³-hybridized carbons (Fsp3) is 0.312. The number of amides is 2. The van der Waals surface area contributed by atoms with Gasteiger partial charge in [0.25, 0.3) is 0 Å². The van der Waals surface area contributed by atoms with Crippen molar-refractivity contribution >= 4 is 23.1 Å². The number of carbonyl (C=O) groups excluding carboxylic acids is 1. The van der Waals surface area contributed by atoms with Crippen LogP contribution in [0.15, 0.2) is 35.7 Å². The van der Waals surface area contributed by atoms with E-state index < -0.39 is 29.0 Å². The van der Waals surface area contributed by atoms with Crippen LogP contribution in [0.1, 0.15) is 17.7 Å². The predicted octanol–water partition coefficient (Wildman–Crippen LogP) is 3.45. The van der Waals surface area contributed by atoms with Crippen LogP contribution in [-0.2, 0) is 5.60 Å². The fourth-order valence-electron chi connectivity index (χ4n) is 2.51. The first-order chi connectivity index (χ1) is 11.0. The number of benzene rings is 1. The molecule has 0 radical (unpaired) electrons. The number of aliphatic hydroxyl groups is 1. The van der Waals surface area contributed by atoms with Gasteiger partial charge in [-0.05, 0) is 42.3 Å². The van der Waals surface area contributed by atoms with E-state index in [9.17, 15) is 18.7 Å². The normalized spacial score (nSPS) is 16.7. The van der Waals surface area contributed by atoms with Gasteiger partial charge in [0.15, 0.2) is 0 Å². The highest BCUT2D eigenvalue weighted by atomic mass is 32.1. The summed E-state index contributed by atoms with van der Waals surface area (Å²) < 4.78 is 27.0. The molecule has 1 aromatic heterocycles.